The van der Waals surface area contributed by atoms with Crippen LogP contribution in [0.5, 0.6) is 0 Å². The van der Waals surface area contributed by atoms with Crippen LogP contribution < -0.4 is 10.6 Å². The van der Waals surface area contributed by atoms with Crippen LogP contribution in [0.2, 0.25) is 0 Å². The summed E-state index contributed by atoms with van der Waals surface area (Å²) < 4.78 is 10.8. The van der Waals surface area contributed by atoms with Crippen molar-refractivity contribution in [2.45, 2.75) is 20.3 Å². The van der Waals surface area contributed by atoms with Crippen molar-refractivity contribution in [3.05, 3.63) is 5.89 Å². The first-order valence-electron chi connectivity index (χ1n) is 5.66. The van der Waals surface area contributed by atoms with Crippen LogP contribution in [0.3, 0.4) is 0 Å². The molecule has 6 nitrogen and oxygen atoms in total. The second-order valence-corrected chi connectivity index (χ2v) is 3.29. The van der Waals surface area contributed by atoms with Gasteiger partial charge in [0.2, 0.25) is 5.89 Å². The molecule has 1 aromatic rings. The third-order valence-corrected chi connectivity index (χ3v) is 2.18. The number of rotatable bonds is 8. The standard InChI is InChI=1S/C10H20N4O2/c1-3-14(7-8-15-4-2)10-13-12-9(16-10)5-6-11/h3-8,11H2,1-2H3. The highest BCUT2D eigenvalue weighted by Crippen LogP contribution is 2.11. The quantitative estimate of drug-likeness (QED) is 0.650. The molecule has 0 atom stereocenters. The van der Waals surface area contributed by atoms with Gasteiger partial charge in [0.25, 0.3) is 0 Å². The summed E-state index contributed by atoms with van der Waals surface area (Å²) in [6.45, 7) is 7.50. The van der Waals surface area contributed by atoms with Gasteiger partial charge in [0.05, 0.1) is 6.61 Å². The van der Waals surface area contributed by atoms with Crippen molar-refractivity contribution in [1.29, 1.82) is 0 Å². The summed E-state index contributed by atoms with van der Waals surface area (Å²) in [5.41, 5.74) is 5.42. The van der Waals surface area contributed by atoms with Crippen molar-refractivity contribution in [3.8, 4) is 0 Å². The number of likely N-dealkylation sites (N-methyl/N-ethyl adjacent to an activating group) is 1. The van der Waals surface area contributed by atoms with Gasteiger partial charge >= 0.3 is 6.01 Å². The molecular formula is C10H20N4O2. The molecule has 0 saturated carbocycles. The van der Waals surface area contributed by atoms with Crippen LogP contribution in [0.4, 0.5) is 6.01 Å². The highest BCUT2D eigenvalue weighted by molar-refractivity contribution is 5.23. The van der Waals surface area contributed by atoms with Crippen LogP contribution in [0.25, 0.3) is 0 Å². The maximum atomic E-state index is 5.48. The molecule has 1 aromatic heterocycles. The van der Waals surface area contributed by atoms with Gasteiger partial charge in [-0.15, -0.1) is 5.10 Å². The summed E-state index contributed by atoms with van der Waals surface area (Å²) in [4.78, 5) is 1.99. The summed E-state index contributed by atoms with van der Waals surface area (Å²) in [5.74, 6) is 0.590. The van der Waals surface area contributed by atoms with Gasteiger partial charge in [-0.25, -0.2) is 0 Å². The maximum Gasteiger partial charge on any atom is 0.318 e. The van der Waals surface area contributed by atoms with Crippen molar-refractivity contribution in [2.24, 2.45) is 5.73 Å². The van der Waals surface area contributed by atoms with Gasteiger partial charge in [0, 0.05) is 32.7 Å². The highest BCUT2D eigenvalue weighted by atomic mass is 16.5. The van der Waals surface area contributed by atoms with Gasteiger partial charge in [-0.05, 0) is 13.8 Å². The Kier molecular flexibility index (Phi) is 5.81. The van der Waals surface area contributed by atoms with E-state index in [9.17, 15) is 0 Å². The summed E-state index contributed by atoms with van der Waals surface area (Å²) in [6.07, 6.45) is 0.621. The van der Waals surface area contributed by atoms with E-state index in [1.165, 1.54) is 0 Å². The SMILES string of the molecule is CCOCCN(CC)c1nnc(CCN)o1. The highest BCUT2D eigenvalue weighted by Gasteiger charge is 2.12. The van der Waals surface area contributed by atoms with E-state index < -0.39 is 0 Å². The Bertz CT molecular complexity index is 290. The maximum absolute atomic E-state index is 5.48. The van der Waals surface area contributed by atoms with Crippen LogP contribution in [-0.4, -0.2) is 43.0 Å². The van der Waals surface area contributed by atoms with E-state index in [0.29, 0.717) is 31.5 Å². The van der Waals surface area contributed by atoms with Crippen molar-refractivity contribution in [2.75, 3.05) is 37.7 Å². The second kappa shape index (κ2) is 7.19. The predicted octanol–water partition coefficient (Wildman–Crippen LogP) is 0.434. The number of nitrogens with two attached hydrogens (primary N) is 1. The van der Waals surface area contributed by atoms with E-state index in [1.807, 2.05) is 18.7 Å². The van der Waals surface area contributed by atoms with Crippen LogP contribution in [0.15, 0.2) is 4.42 Å². The minimum absolute atomic E-state index is 0.521. The molecule has 0 aromatic carbocycles. The van der Waals surface area contributed by atoms with Crippen molar-refractivity contribution in [3.63, 3.8) is 0 Å². The van der Waals surface area contributed by atoms with Crippen LogP contribution in [0.1, 0.15) is 19.7 Å². The molecule has 92 valence electrons. The number of aromatic nitrogens is 2. The Labute approximate surface area is 95.8 Å². The zero-order chi connectivity index (χ0) is 11.8. The van der Waals surface area contributed by atoms with Gasteiger partial charge in [-0.3, -0.25) is 0 Å². The first-order valence-corrected chi connectivity index (χ1v) is 5.66. The van der Waals surface area contributed by atoms with Crippen LogP contribution in [-0.2, 0) is 11.2 Å². The topological polar surface area (TPSA) is 77.4 Å². The lowest BCUT2D eigenvalue weighted by molar-refractivity contribution is 0.153. The molecule has 1 rings (SSSR count). The van der Waals surface area contributed by atoms with Gasteiger partial charge in [0.1, 0.15) is 0 Å². The summed E-state index contributed by atoms with van der Waals surface area (Å²) in [6, 6.07) is 0.547. The van der Waals surface area contributed by atoms with E-state index in [0.717, 1.165) is 19.7 Å². The molecule has 0 saturated heterocycles. The molecule has 0 spiro atoms. The molecule has 1 heterocycles. The number of hydrogen-bond donors (Lipinski definition) is 1. The molecule has 2 N–H and O–H groups in total. The third-order valence-electron chi connectivity index (χ3n) is 2.18. The molecular weight excluding hydrogens is 208 g/mol. The first-order chi connectivity index (χ1) is 7.81. The Balaban J connectivity index is 2.49. The average Bonchev–Trinajstić information content (AvgIpc) is 2.74. The largest absolute Gasteiger partial charge is 0.408 e. The van der Waals surface area contributed by atoms with Gasteiger partial charge in [0.15, 0.2) is 0 Å². The summed E-state index contributed by atoms with van der Waals surface area (Å²) in [5, 5.41) is 7.91. The fraction of sp³-hybridized carbons (Fsp3) is 0.800. The number of anilines is 1. The zero-order valence-corrected chi connectivity index (χ0v) is 9.98. The van der Waals surface area contributed by atoms with Gasteiger partial charge in [-0.1, -0.05) is 5.10 Å². The van der Waals surface area contributed by atoms with E-state index >= 15 is 0 Å². The van der Waals surface area contributed by atoms with E-state index in [4.69, 9.17) is 14.9 Å². The van der Waals surface area contributed by atoms with E-state index in [2.05, 4.69) is 10.2 Å². The zero-order valence-electron chi connectivity index (χ0n) is 9.98. The number of ether oxygens (including phenoxy) is 1. The van der Waals surface area contributed by atoms with Crippen molar-refractivity contribution >= 4 is 6.01 Å². The first kappa shape index (κ1) is 12.9. The van der Waals surface area contributed by atoms with Crippen LogP contribution in [0, 0.1) is 0 Å². The second-order valence-electron chi connectivity index (χ2n) is 3.29. The molecule has 0 aliphatic carbocycles. The van der Waals surface area contributed by atoms with Gasteiger partial charge in [-0.2, -0.15) is 0 Å². The summed E-state index contributed by atoms with van der Waals surface area (Å²) >= 11 is 0. The van der Waals surface area contributed by atoms with E-state index in [-0.39, 0.29) is 0 Å². The Morgan fingerprint density at radius 3 is 2.81 bits per heavy atom. The molecule has 16 heavy (non-hydrogen) atoms. The molecule has 0 bridgehead atoms. The van der Waals surface area contributed by atoms with Crippen LogP contribution >= 0.6 is 0 Å². The Hall–Kier alpha value is -1.14. The Morgan fingerprint density at radius 1 is 1.38 bits per heavy atom. The molecule has 0 unspecified atom stereocenters. The van der Waals surface area contributed by atoms with Crippen molar-refractivity contribution < 1.29 is 9.15 Å². The normalized spacial score (nSPS) is 10.7. The summed E-state index contributed by atoms with van der Waals surface area (Å²) in [7, 11) is 0. The smallest absolute Gasteiger partial charge is 0.318 e. The lowest BCUT2D eigenvalue weighted by atomic mass is 10.4. The van der Waals surface area contributed by atoms with E-state index in [1.54, 1.807) is 0 Å². The molecule has 0 aliphatic rings. The molecule has 6 heteroatoms. The fourth-order valence-electron chi connectivity index (χ4n) is 1.31. The Morgan fingerprint density at radius 2 is 2.19 bits per heavy atom. The van der Waals surface area contributed by atoms with Crippen molar-refractivity contribution in [1.82, 2.24) is 10.2 Å². The third kappa shape index (κ3) is 3.79. The molecule has 0 fully saturated rings. The lowest BCUT2D eigenvalue weighted by Crippen LogP contribution is -2.27. The minimum Gasteiger partial charge on any atom is -0.408 e. The molecule has 0 aliphatic heterocycles. The van der Waals surface area contributed by atoms with Gasteiger partial charge < -0.3 is 19.8 Å². The lowest BCUT2D eigenvalue weighted by Gasteiger charge is -2.17. The number of hydrogen-bond acceptors (Lipinski definition) is 6. The number of nitrogens with zero attached hydrogens (tertiary/aromatic N) is 3. The predicted molar refractivity (Wildman–Crippen MR) is 61.4 cm³/mol. The molecule has 0 amide bonds. The monoisotopic (exact) mass is 228 g/mol. The average molecular weight is 228 g/mol. The molecule has 0 radical (unpaired) electrons. The fourth-order valence-corrected chi connectivity index (χ4v) is 1.31. The minimum atomic E-state index is 0.521.